The zero-order valence-electron chi connectivity index (χ0n) is 16.0. The summed E-state index contributed by atoms with van der Waals surface area (Å²) in [5.41, 5.74) is 0.956. The number of carbonyl (C=O) groups excluding carboxylic acids is 1. The highest BCUT2D eigenvalue weighted by molar-refractivity contribution is 7.89. The van der Waals surface area contributed by atoms with Crippen LogP contribution in [0.2, 0.25) is 5.02 Å². The van der Waals surface area contributed by atoms with Crippen molar-refractivity contribution in [2.24, 2.45) is 0 Å². The van der Waals surface area contributed by atoms with Crippen molar-refractivity contribution in [3.8, 4) is 11.5 Å². The average molecular weight is 436 g/mol. The molecule has 1 fully saturated rings. The number of rotatable bonds is 6. The summed E-state index contributed by atoms with van der Waals surface area (Å²) in [6.45, 7) is 1.06. The molecule has 1 aliphatic heterocycles. The van der Waals surface area contributed by atoms with Crippen LogP contribution in [0.4, 0.5) is 0 Å². The minimum Gasteiger partial charge on any atom is -0.503 e. The Morgan fingerprint density at radius 2 is 1.79 bits per heavy atom. The highest BCUT2D eigenvalue weighted by Crippen LogP contribution is 2.35. The first-order valence-electron chi connectivity index (χ1n) is 9.22. The fourth-order valence-corrected chi connectivity index (χ4v) is 4.90. The average Bonchev–Trinajstić information content (AvgIpc) is 2.75. The van der Waals surface area contributed by atoms with Gasteiger partial charge in [-0.15, -0.1) is 0 Å². The first-order chi connectivity index (χ1) is 13.8. The summed E-state index contributed by atoms with van der Waals surface area (Å²) < 4.78 is 31.9. The Kier molecular flexibility index (Phi) is 6.62. The Labute approximate surface area is 175 Å². The molecule has 3 rings (SSSR count). The number of methoxy groups -OCH3 is 1. The van der Waals surface area contributed by atoms with Gasteiger partial charge in [0.2, 0.25) is 10.0 Å². The van der Waals surface area contributed by atoms with Crippen LogP contribution >= 0.6 is 11.6 Å². The molecular weight excluding hydrogens is 414 g/mol. The second-order valence-electron chi connectivity index (χ2n) is 6.74. The molecule has 2 aromatic carbocycles. The van der Waals surface area contributed by atoms with Gasteiger partial charge in [-0.05, 0) is 60.9 Å². The van der Waals surface area contributed by atoms with E-state index in [1.165, 1.54) is 47.8 Å². The number of nitrogens with zero attached hydrogens (tertiary/aromatic N) is 1. The molecule has 0 spiro atoms. The number of hydrogen-bond acceptors (Lipinski definition) is 5. The van der Waals surface area contributed by atoms with E-state index >= 15 is 0 Å². The predicted molar refractivity (Wildman–Crippen MR) is 112 cm³/mol. The van der Waals surface area contributed by atoms with Crippen LogP contribution in [0.1, 0.15) is 35.2 Å². The quantitative estimate of drug-likeness (QED) is 0.545. The molecule has 0 bridgehead atoms. The molecule has 1 aliphatic rings. The smallest absolute Gasteiger partial charge is 0.243 e. The number of phenolic OH excluding ortho intramolecular Hbond substituents is 1. The summed E-state index contributed by atoms with van der Waals surface area (Å²) in [7, 11) is -2.12. The molecule has 0 unspecified atom stereocenters. The van der Waals surface area contributed by atoms with Crippen LogP contribution in [0.3, 0.4) is 0 Å². The van der Waals surface area contributed by atoms with E-state index in [-0.39, 0.29) is 27.2 Å². The van der Waals surface area contributed by atoms with Crippen molar-refractivity contribution in [2.75, 3.05) is 20.2 Å². The van der Waals surface area contributed by atoms with Crippen LogP contribution in [-0.2, 0) is 10.0 Å². The lowest BCUT2D eigenvalue weighted by atomic mass is 10.1. The summed E-state index contributed by atoms with van der Waals surface area (Å²) in [5.74, 6) is -0.241. The Balaban J connectivity index is 1.75. The Bertz CT molecular complexity index is 1030. The van der Waals surface area contributed by atoms with Gasteiger partial charge in [0.15, 0.2) is 17.3 Å². The molecule has 0 saturated carbocycles. The molecular formula is C21H22ClNO5S. The molecule has 154 valence electrons. The number of aromatic hydroxyl groups is 1. The van der Waals surface area contributed by atoms with Gasteiger partial charge in [0, 0.05) is 18.7 Å². The number of piperidine rings is 1. The van der Waals surface area contributed by atoms with Gasteiger partial charge in [-0.2, -0.15) is 4.31 Å². The van der Waals surface area contributed by atoms with Crippen LogP contribution in [-0.4, -0.2) is 43.8 Å². The lowest BCUT2D eigenvalue weighted by molar-refractivity contribution is 0.104. The lowest BCUT2D eigenvalue weighted by Crippen LogP contribution is -2.35. The number of allylic oxidation sites excluding steroid dienone is 1. The molecule has 0 atom stereocenters. The SMILES string of the molecule is COc1cc(C=CC(=O)c2ccc(S(=O)(=O)N3CCCCC3)cc2)cc(Cl)c1O. The second-order valence-corrected chi connectivity index (χ2v) is 9.09. The number of ketones is 1. The van der Waals surface area contributed by atoms with Crippen molar-refractivity contribution in [3.63, 3.8) is 0 Å². The summed E-state index contributed by atoms with van der Waals surface area (Å²) in [6.07, 6.45) is 5.69. The molecule has 0 radical (unpaired) electrons. The van der Waals surface area contributed by atoms with Crippen molar-refractivity contribution in [1.29, 1.82) is 0 Å². The topological polar surface area (TPSA) is 83.9 Å². The van der Waals surface area contributed by atoms with Gasteiger partial charge >= 0.3 is 0 Å². The van der Waals surface area contributed by atoms with Crippen LogP contribution in [0.15, 0.2) is 47.4 Å². The van der Waals surface area contributed by atoms with E-state index in [4.69, 9.17) is 16.3 Å². The molecule has 0 aromatic heterocycles. The van der Waals surface area contributed by atoms with E-state index < -0.39 is 10.0 Å². The monoisotopic (exact) mass is 435 g/mol. The van der Waals surface area contributed by atoms with Crippen molar-refractivity contribution >= 4 is 33.5 Å². The van der Waals surface area contributed by atoms with Gasteiger partial charge in [-0.3, -0.25) is 4.79 Å². The third-order valence-corrected chi connectivity index (χ3v) is 6.99. The van der Waals surface area contributed by atoms with E-state index in [2.05, 4.69) is 0 Å². The minimum atomic E-state index is -3.52. The number of ether oxygens (including phenoxy) is 1. The number of carbonyl (C=O) groups is 1. The van der Waals surface area contributed by atoms with E-state index in [0.29, 0.717) is 24.2 Å². The molecule has 0 aliphatic carbocycles. The Hall–Kier alpha value is -2.35. The minimum absolute atomic E-state index is 0.115. The largest absolute Gasteiger partial charge is 0.503 e. The molecule has 1 heterocycles. The Morgan fingerprint density at radius 3 is 2.41 bits per heavy atom. The van der Waals surface area contributed by atoms with Crippen molar-refractivity contribution < 1.29 is 23.1 Å². The second kappa shape index (κ2) is 8.98. The van der Waals surface area contributed by atoms with Gasteiger partial charge in [0.1, 0.15) is 0 Å². The molecule has 6 nitrogen and oxygen atoms in total. The summed E-state index contributed by atoms with van der Waals surface area (Å²) in [4.78, 5) is 12.6. The number of phenols is 1. The normalized spacial score (nSPS) is 15.5. The third-order valence-electron chi connectivity index (χ3n) is 4.79. The third kappa shape index (κ3) is 4.80. The molecule has 8 heteroatoms. The van der Waals surface area contributed by atoms with Gasteiger partial charge in [0.05, 0.1) is 17.0 Å². The first-order valence-corrected chi connectivity index (χ1v) is 11.0. The van der Waals surface area contributed by atoms with Crippen LogP contribution in [0.25, 0.3) is 6.08 Å². The zero-order valence-corrected chi connectivity index (χ0v) is 17.5. The van der Waals surface area contributed by atoms with E-state index in [0.717, 1.165) is 19.3 Å². The summed E-state index contributed by atoms with van der Waals surface area (Å²) in [5, 5.41) is 9.88. The van der Waals surface area contributed by atoms with Crippen LogP contribution in [0.5, 0.6) is 11.5 Å². The van der Waals surface area contributed by atoms with Crippen LogP contribution in [0, 0.1) is 0 Å². The molecule has 0 amide bonds. The molecule has 1 N–H and O–H groups in total. The highest BCUT2D eigenvalue weighted by Gasteiger charge is 2.25. The Morgan fingerprint density at radius 1 is 1.14 bits per heavy atom. The maximum atomic E-state index is 12.7. The van der Waals surface area contributed by atoms with Gasteiger partial charge < -0.3 is 9.84 Å². The van der Waals surface area contributed by atoms with Crippen LogP contribution < -0.4 is 4.74 Å². The number of sulfonamides is 1. The standard InChI is InChI=1S/C21H22ClNO5S/c1-28-20-14-15(13-18(22)21(20)25)5-10-19(24)16-6-8-17(9-7-16)29(26,27)23-11-3-2-4-12-23/h5-10,13-14,25H,2-4,11-12H2,1H3. The fraction of sp³-hybridized carbons (Fsp3) is 0.286. The maximum Gasteiger partial charge on any atom is 0.243 e. The maximum absolute atomic E-state index is 12.7. The van der Waals surface area contributed by atoms with E-state index in [1.807, 2.05) is 0 Å². The zero-order chi connectivity index (χ0) is 21.0. The number of benzene rings is 2. The van der Waals surface area contributed by atoms with Crippen molar-refractivity contribution in [2.45, 2.75) is 24.2 Å². The summed E-state index contributed by atoms with van der Waals surface area (Å²) in [6, 6.07) is 9.01. The van der Waals surface area contributed by atoms with E-state index in [1.54, 1.807) is 12.1 Å². The van der Waals surface area contributed by atoms with Gasteiger partial charge in [-0.1, -0.05) is 24.1 Å². The number of hydrogen-bond donors (Lipinski definition) is 1. The first kappa shape index (κ1) is 21.4. The lowest BCUT2D eigenvalue weighted by Gasteiger charge is -2.25. The summed E-state index contributed by atoms with van der Waals surface area (Å²) >= 11 is 5.94. The van der Waals surface area contributed by atoms with E-state index in [9.17, 15) is 18.3 Å². The van der Waals surface area contributed by atoms with Crippen molar-refractivity contribution in [1.82, 2.24) is 4.31 Å². The molecule has 29 heavy (non-hydrogen) atoms. The number of halogens is 1. The van der Waals surface area contributed by atoms with Gasteiger partial charge in [0.25, 0.3) is 0 Å². The predicted octanol–water partition coefficient (Wildman–Crippen LogP) is 4.12. The molecule has 1 saturated heterocycles. The molecule has 2 aromatic rings. The van der Waals surface area contributed by atoms with Gasteiger partial charge in [-0.25, -0.2) is 8.42 Å². The fourth-order valence-electron chi connectivity index (χ4n) is 3.16. The highest BCUT2D eigenvalue weighted by atomic mass is 35.5. The van der Waals surface area contributed by atoms with Crippen molar-refractivity contribution in [3.05, 3.63) is 58.6 Å².